The number of carboxylic acids is 1. The van der Waals surface area contributed by atoms with Gasteiger partial charge in [0.05, 0.1) is 5.56 Å². The van der Waals surface area contributed by atoms with Crippen LogP contribution in [-0.4, -0.2) is 35.1 Å². The average molecular weight is 406 g/mol. The van der Waals surface area contributed by atoms with Crippen molar-refractivity contribution in [1.82, 2.24) is 5.06 Å². The normalized spacial score (nSPS) is 10.8. The second kappa shape index (κ2) is 10.5. The molecule has 6 nitrogen and oxygen atoms in total. The minimum atomic E-state index is -1.03. The summed E-state index contributed by atoms with van der Waals surface area (Å²) in [4.78, 5) is 28.7. The lowest BCUT2D eigenvalue weighted by atomic mass is 10.1. The number of halogens is 2. The van der Waals surface area contributed by atoms with Gasteiger partial charge in [0.25, 0.3) is 0 Å². The molecule has 0 unspecified atom stereocenters. The number of carbonyl (C=O) groups excluding carboxylic acids is 1. The summed E-state index contributed by atoms with van der Waals surface area (Å²) < 4.78 is 26.6. The van der Waals surface area contributed by atoms with Gasteiger partial charge in [0.2, 0.25) is 5.91 Å². The van der Waals surface area contributed by atoms with E-state index in [0.717, 1.165) is 24.6 Å². The van der Waals surface area contributed by atoms with E-state index in [1.807, 2.05) is 6.92 Å². The Morgan fingerprint density at radius 2 is 1.79 bits per heavy atom. The molecule has 0 saturated heterocycles. The number of amides is 1. The predicted octanol–water partition coefficient (Wildman–Crippen LogP) is 4.40. The molecule has 0 atom stereocenters. The van der Waals surface area contributed by atoms with Crippen molar-refractivity contribution in [2.75, 3.05) is 18.4 Å². The number of aromatic carboxylic acids is 1. The third-order valence-corrected chi connectivity index (χ3v) is 4.10. The van der Waals surface area contributed by atoms with Gasteiger partial charge < -0.3 is 15.3 Å². The molecule has 0 heterocycles. The first-order valence-electron chi connectivity index (χ1n) is 9.31. The molecule has 2 aromatic carbocycles. The molecule has 1 amide bonds. The van der Waals surface area contributed by atoms with E-state index in [4.69, 9.17) is 9.94 Å². The van der Waals surface area contributed by atoms with Gasteiger partial charge in [-0.05, 0) is 43.5 Å². The number of rotatable bonds is 10. The fourth-order valence-corrected chi connectivity index (χ4v) is 2.75. The molecule has 0 spiro atoms. The lowest BCUT2D eigenvalue weighted by Gasteiger charge is -2.22. The molecule has 0 radical (unpaired) electrons. The van der Waals surface area contributed by atoms with Crippen molar-refractivity contribution in [3.05, 3.63) is 59.2 Å². The van der Waals surface area contributed by atoms with Crippen molar-refractivity contribution < 1.29 is 28.3 Å². The molecule has 0 bridgehead atoms. The molecule has 2 rings (SSSR count). The van der Waals surface area contributed by atoms with Gasteiger partial charge in [-0.25, -0.2) is 13.6 Å². The molecule has 29 heavy (non-hydrogen) atoms. The Bertz CT molecular complexity index is 854. The third-order valence-electron chi connectivity index (χ3n) is 4.10. The van der Waals surface area contributed by atoms with Gasteiger partial charge in [-0.15, -0.1) is 5.06 Å². The Morgan fingerprint density at radius 3 is 2.38 bits per heavy atom. The molecule has 156 valence electrons. The van der Waals surface area contributed by atoms with Crippen molar-refractivity contribution in [3.8, 4) is 5.75 Å². The molecule has 8 heteroatoms. The first-order valence-corrected chi connectivity index (χ1v) is 9.31. The summed E-state index contributed by atoms with van der Waals surface area (Å²) in [7, 11) is 0. The zero-order valence-corrected chi connectivity index (χ0v) is 16.4. The summed E-state index contributed by atoms with van der Waals surface area (Å²) in [6, 6.07) is 7.45. The number of hydrogen-bond acceptors (Lipinski definition) is 4. The second-order valence-electron chi connectivity index (χ2n) is 6.61. The van der Waals surface area contributed by atoms with E-state index >= 15 is 0 Å². The highest BCUT2D eigenvalue weighted by Crippen LogP contribution is 2.18. The van der Waals surface area contributed by atoms with Gasteiger partial charge in [0.15, 0.2) is 5.75 Å². The fraction of sp³-hybridized carbons (Fsp3) is 0.333. The molecule has 2 aromatic rings. The zero-order valence-electron chi connectivity index (χ0n) is 16.4. The van der Waals surface area contributed by atoms with Crippen molar-refractivity contribution in [3.63, 3.8) is 0 Å². The number of nitrogens with one attached hydrogen (secondary N) is 1. The first-order chi connectivity index (χ1) is 13.8. The van der Waals surface area contributed by atoms with Crippen LogP contribution in [0.2, 0.25) is 0 Å². The summed E-state index contributed by atoms with van der Waals surface area (Å²) in [5.41, 5.74) is 1.36. The fourth-order valence-electron chi connectivity index (χ4n) is 2.75. The van der Waals surface area contributed by atoms with Crippen LogP contribution in [0.15, 0.2) is 36.4 Å². The molecule has 0 fully saturated rings. The maximum Gasteiger partial charge on any atom is 0.335 e. The molecular formula is C21H24F2N2O4. The van der Waals surface area contributed by atoms with Gasteiger partial charge in [-0.1, -0.05) is 6.92 Å². The minimum absolute atomic E-state index is 0.0644. The number of benzene rings is 2. The Labute approximate surface area is 168 Å². The number of hydrogen-bond donors (Lipinski definition) is 2. The minimum Gasteiger partial charge on any atom is -0.478 e. The molecule has 0 aliphatic rings. The van der Waals surface area contributed by atoms with Crippen LogP contribution < -0.4 is 10.2 Å². The van der Waals surface area contributed by atoms with Crippen LogP contribution in [0.3, 0.4) is 0 Å². The van der Waals surface area contributed by atoms with Gasteiger partial charge in [0.1, 0.15) is 11.6 Å². The largest absolute Gasteiger partial charge is 0.478 e. The van der Waals surface area contributed by atoms with Crippen LogP contribution in [0, 0.1) is 18.6 Å². The molecule has 0 aliphatic heterocycles. The van der Waals surface area contributed by atoms with Crippen molar-refractivity contribution in [1.29, 1.82) is 0 Å². The Morgan fingerprint density at radius 1 is 1.10 bits per heavy atom. The van der Waals surface area contributed by atoms with Gasteiger partial charge in [-0.2, -0.15) is 0 Å². The quantitative estimate of drug-likeness (QED) is 0.572. The number of hydroxylamine groups is 2. The smallest absolute Gasteiger partial charge is 0.335 e. The highest BCUT2D eigenvalue weighted by Gasteiger charge is 2.12. The van der Waals surface area contributed by atoms with Crippen LogP contribution in [0.4, 0.5) is 14.5 Å². The standard InChI is InChI=1S/C21H24F2N2O4/c1-3-8-25(29-18-12-16(22)11-17(23)13-18)9-4-5-20(26)24-19-7-6-15(21(27)28)10-14(19)2/h6-7,10-13H,3-5,8-9H2,1-2H3,(H,24,26)(H,27,28). The van der Waals surface area contributed by atoms with Crippen LogP contribution in [0.1, 0.15) is 42.1 Å². The Hall–Kier alpha value is -3.00. The highest BCUT2D eigenvalue weighted by atomic mass is 19.1. The van der Waals surface area contributed by atoms with E-state index in [0.29, 0.717) is 30.8 Å². The van der Waals surface area contributed by atoms with Crippen LogP contribution in [0.5, 0.6) is 5.75 Å². The molecule has 0 saturated carbocycles. The summed E-state index contributed by atoms with van der Waals surface area (Å²) in [6.45, 7) is 4.60. The van der Waals surface area contributed by atoms with Crippen LogP contribution in [0.25, 0.3) is 0 Å². The second-order valence-corrected chi connectivity index (χ2v) is 6.61. The lowest BCUT2D eigenvalue weighted by molar-refractivity contribution is -0.117. The maximum absolute atomic E-state index is 13.3. The first kappa shape index (κ1) is 22.3. The molecule has 0 aliphatic carbocycles. The Balaban J connectivity index is 1.87. The number of nitrogens with zero attached hydrogens (tertiary/aromatic N) is 1. The molecule has 2 N–H and O–H groups in total. The lowest BCUT2D eigenvalue weighted by Crippen LogP contribution is -2.30. The van der Waals surface area contributed by atoms with Crippen LogP contribution in [-0.2, 0) is 4.79 Å². The average Bonchev–Trinajstić information content (AvgIpc) is 2.62. The van der Waals surface area contributed by atoms with E-state index in [-0.39, 0.29) is 23.6 Å². The summed E-state index contributed by atoms with van der Waals surface area (Å²) in [5, 5.41) is 13.3. The SMILES string of the molecule is CCCN(CCCC(=O)Nc1ccc(C(=O)O)cc1C)Oc1cc(F)cc(F)c1. The molecule has 0 aromatic heterocycles. The predicted molar refractivity (Wildman–Crippen MR) is 105 cm³/mol. The Kier molecular flexibility index (Phi) is 8.09. The summed E-state index contributed by atoms with van der Waals surface area (Å²) in [5.74, 6) is -2.63. The monoisotopic (exact) mass is 406 g/mol. The van der Waals surface area contributed by atoms with Gasteiger partial charge >= 0.3 is 5.97 Å². The van der Waals surface area contributed by atoms with E-state index in [2.05, 4.69) is 5.32 Å². The highest BCUT2D eigenvalue weighted by molar-refractivity contribution is 5.93. The van der Waals surface area contributed by atoms with E-state index < -0.39 is 17.6 Å². The summed E-state index contributed by atoms with van der Waals surface area (Å²) >= 11 is 0. The number of anilines is 1. The van der Waals surface area contributed by atoms with E-state index in [9.17, 15) is 18.4 Å². The van der Waals surface area contributed by atoms with Crippen molar-refractivity contribution in [2.45, 2.75) is 33.1 Å². The van der Waals surface area contributed by atoms with E-state index in [1.165, 1.54) is 12.1 Å². The van der Waals surface area contributed by atoms with Gasteiger partial charge in [0, 0.05) is 43.4 Å². The third kappa shape index (κ3) is 7.15. The molecular weight excluding hydrogens is 382 g/mol. The maximum atomic E-state index is 13.3. The van der Waals surface area contributed by atoms with E-state index in [1.54, 1.807) is 18.1 Å². The zero-order chi connectivity index (χ0) is 21.4. The number of aryl methyl sites for hydroxylation is 1. The van der Waals surface area contributed by atoms with Gasteiger partial charge in [-0.3, -0.25) is 4.79 Å². The number of carboxylic acid groups (broad SMARTS) is 1. The van der Waals surface area contributed by atoms with Crippen LogP contribution >= 0.6 is 0 Å². The summed E-state index contributed by atoms with van der Waals surface area (Å²) in [6.07, 6.45) is 1.44. The number of carbonyl (C=O) groups is 2. The van der Waals surface area contributed by atoms with Crippen molar-refractivity contribution >= 4 is 17.6 Å². The topological polar surface area (TPSA) is 78.9 Å². The van der Waals surface area contributed by atoms with Crippen molar-refractivity contribution in [2.24, 2.45) is 0 Å².